The standard InChI is InChI=1S/C19H25N3O3S.3C2HF3O2/c1-14-21-16(11-26-14)10-24-17-5-7-25-19(8-17)12-22(13-19)9-15-4-3-6-20-18(15)23-2;3*3-2(4,5)1(6)7/h3-4,6,11,17H,5,7-10,12-13H2,1-2H3;3*(H,6,7). The molecule has 2 aromatic heterocycles. The largest absolute Gasteiger partial charge is 0.490 e. The lowest BCUT2D eigenvalue weighted by molar-refractivity contribution is -0.200. The lowest BCUT2D eigenvalue weighted by Crippen LogP contribution is -2.65. The van der Waals surface area contributed by atoms with Gasteiger partial charge in [0.1, 0.15) is 0 Å². The number of pyridine rings is 1. The van der Waals surface area contributed by atoms with Crippen LogP contribution < -0.4 is 4.74 Å². The van der Waals surface area contributed by atoms with Crippen LogP contribution >= 0.6 is 11.3 Å². The first kappa shape index (κ1) is 41.3. The summed E-state index contributed by atoms with van der Waals surface area (Å²) >= 11 is 1.67. The van der Waals surface area contributed by atoms with E-state index >= 15 is 0 Å². The van der Waals surface area contributed by atoms with E-state index in [2.05, 4.69) is 26.3 Å². The van der Waals surface area contributed by atoms with Crippen LogP contribution in [0.5, 0.6) is 5.88 Å². The van der Waals surface area contributed by atoms with E-state index in [1.807, 2.05) is 13.0 Å². The second kappa shape index (κ2) is 17.4. The van der Waals surface area contributed by atoms with Crippen molar-refractivity contribution in [3.8, 4) is 5.88 Å². The Hall–Kier alpha value is -3.76. The number of aryl methyl sites for hydroxylation is 1. The van der Waals surface area contributed by atoms with Gasteiger partial charge in [0.25, 0.3) is 0 Å². The number of methoxy groups -OCH3 is 1. The number of nitrogens with zero attached hydrogens (tertiary/aromatic N) is 3. The van der Waals surface area contributed by atoms with E-state index in [4.69, 9.17) is 43.9 Å². The van der Waals surface area contributed by atoms with Gasteiger partial charge in [-0.3, -0.25) is 4.90 Å². The van der Waals surface area contributed by atoms with E-state index < -0.39 is 36.4 Å². The maximum atomic E-state index is 10.6. The van der Waals surface area contributed by atoms with Gasteiger partial charge in [-0.25, -0.2) is 24.4 Å². The molecule has 2 saturated heterocycles. The maximum Gasteiger partial charge on any atom is 0.490 e. The third-order valence-corrected chi connectivity index (χ3v) is 6.59. The van der Waals surface area contributed by atoms with Crippen molar-refractivity contribution in [1.82, 2.24) is 14.9 Å². The van der Waals surface area contributed by atoms with E-state index in [0.29, 0.717) is 12.5 Å². The van der Waals surface area contributed by atoms with E-state index in [1.165, 1.54) is 0 Å². The minimum Gasteiger partial charge on any atom is -0.481 e. The molecule has 0 aliphatic carbocycles. The molecule has 2 aliphatic heterocycles. The molecule has 12 nitrogen and oxygen atoms in total. The molecule has 0 bridgehead atoms. The second-order valence-electron chi connectivity index (χ2n) is 9.54. The number of rotatable bonds is 6. The van der Waals surface area contributed by atoms with Crippen molar-refractivity contribution in [2.24, 2.45) is 0 Å². The summed E-state index contributed by atoms with van der Waals surface area (Å²) in [6.45, 7) is 6.09. The van der Waals surface area contributed by atoms with Crippen molar-refractivity contribution in [3.05, 3.63) is 40.0 Å². The van der Waals surface area contributed by atoms with Crippen molar-refractivity contribution >= 4 is 29.2 Å². The summed E-state index contributed by atoms with van der Waals surface area (Å²) in [5.41, 5.74) is 2.09. The van der Waals surface area contributed by atoms with Gasteiger partial charge in [0.2, 0.25) is 5.88 Å². The lowest BCUT2D eigenvalue weighted by Gasteiger charge is -2.53. The number of thiazole rings is 1. The molecule has 2 aromatic rings. The Bertz CT molecular complexity index is 1260. The summed E-state index contributed by atoms with van der Waals surface area (Å²) in [4.78, 5) is 37.8. The Balaban J connectivity index is 0.000000430. The van der Waals surface area contributed by atoms with Crippen molar-refractivity contribution < 1.29 is 83.4 Å². The van der Waals surface area contributed by atoms with Gasteiger partial charge in [-0.05, 0) is 19.4 Å². The Kier molecular flexibility index (Phi) is 15.3. The first-order chi connectivity index (χ1) is 21.5. The fourth-order valence-electron chi connectivity index (χ4n) is 3.87. The SMILES string of the molecule is COc1ncccc1CN1CC2(CC(OCc3csc(C)n3)CCO2)C1.O=C(O)C(F)(F)F.O=C(O)C(F)(F)F.O=C(O)C(F)(F)F. The number of hydrogen-bond donors (Lipinski definition) is 3. The van der Waals surface area contributed by atoms with Crippen LogP contribution in [0.2, 0.25) is 0 Å². The fraction of sp³-hybridized carbons (Fsp3) is 0.560. The molecule has 1 spiro atoms. The highest BCUT2D eigenvalue weighted by molar-refractivity contribution is 7.09. The molecule has 0 radical (unpaired) electrons. The van der Waals surface area contributed by atoms with Crippen molar-refractivity contribution in [1.29, 1.82) is 0 Å². The molecule has 4 heterocycles. The third kappa shape index (κ3) is 15.1. The van der Waals surface area contributed by atoms with Gasteiger partial charge < -0.3 is 29.5 Å². The van der Waals surface area contributed by atoms with Crippen LogP contribution in [-0.4, -0.2) is 105 Å². The molecule has 0 saturated carbocycles. The van der Waals surface area contributed by atoms with E-state index in [1.54, 1.807) is 24.6 Å². The molecule has 22 heteroatoms. The van der Waals surface area contributed by atoms with Gasteiger partial charge in [-0.15, -0.1) is 11.3 Å². The average molecular weight is 718 g/mol. The van der Waals surface area contributed by atoms with Crippen molar-refractivity contribution in [2.45, 2.75) is 63.2 Å². The lowest BCUT2D eigenvalue weighted by atomic mass is 9.84. The number of hydrogen-bond acceptors (Lipinski definition) is 10. The van der Waals surface area contributed by atoms with Crippen LogP contribution in [0, 0.1) is 6.92 Å². The summed E-state index contributed by atoms with van der Waals surface area (Å²) in [7, 11) is 1.67. The van der Waals surface area contributed by atoms with Crippen LogP contribution in [0.3, 0.4) is 0 Å². The predicted molar refractivity (Wildman–Crippen MR) is 140 cm³/mol. The minimum atomic E-state index is -5.08. The van der Waals surface area contributed by atoms with Gasteiger partial charge in [-0.1, -0.05) is 6.07 Å². The van der Waals surface area contributed by atoms with Gasteiger partial charge in [0.05, 0.1) is 36.1 Å². The zero-order valence-corrected chi connectivity index (χ0v) is 25.1. The fourth-order valence-corrected chi connectivity index (χ4v) is 4.47. The topological polar surface area (TPSA) is 169 Å². The average Bonchev–Trinajstić information content (AvgIpc) is 3.36. The number of likely N-dealkylation sites (tertiary alicyclic amines) is 1. The summed E-state index contributed by atoms with van der Waals surface area (Å²) in [6.07, 6.45) is -11.3. The van der Waals surface area contributed by atoms with Gasteiger partial charge in [-0.2, -0.15) is 39.5 Å². The normalized spacial score (nSPS) is 17.4. The molecular weight excluding hydrogens is 689 g/mol. The Labute approximate surface area is 263 Å². The predicted octanol–water partition coefficient (Wildman–Crippen LogP) is 4.71. The molecule has 2 fully saturated rings. The first-order valence-corrected chi connectivity index (χ1v) is 13.6. The van der Waals surface area contributed by atoms with Gasteiger partial charge >= 0.3 is 36.4 Å². The Morgan fingerprint density at radius 3 is 1.94 bits per heavy atom. The summed E-state index contributed by atoms with van der Waals surface area (Å²) < 4.78 is 113. The molecule has 266 valence electrons. The molecule has 0 aromatic carbocycles. The highest BCUT2D eigenvalue weighted by Gasteiger charge is 2.48. The maximum absolute atomic E-state index is 10.6. The monoisotopic (exact) mass is 717 g/mol. The summed E-state index contributed by atoms with van der Waals surface area (Å²) in [6, 6.07) is 4.02. The number of ether oxygens (including phenoxy) is 3. The molecule has 4 rings (SSSR count). The van der Waals surface area contributed by atoms with Gasteiger partial charge in [0.15, 0.2) is 0 Å². The highest BCUT2D eigenvalue weighted by Crippen LogP contribution is 2.37. The highest BCUT2D eigenvalue weighted by atomic mass is 32.1. The van der Waals surface area contributed by atoms with Gasteiger partial charge in [0, 0.05) is 49.8 Å². The summed E-state index contributed by atoms with van der Waals surface area (Å²) in [5, 5.41) is 24.5. The first-order valence-electron chi connectivity index (χ1n) is 12.8. The molecule has 1 unspecified atom stereocenters. The second-order valence-corrected chi connectivity index (χ2v) is 10.6. The molecule has 3 N–H and O–H groups in total. The van der Waals surface area contributed by atoms with E-state index in [0.717, 1.165) is 55.3 Å². The Morgan fingerprint density at radius 1 is 1.00 bits per heavy atom. The molecule has 47 heavy (non-hydrogen) atoms. The number of carbonyl (C=O) groups is 3. The number of aliphatic carboxylic acids is 3. The van der Waals surface area contributed by atoms with Crippen LogP contribution in [-0.2, 0) is 37.0 Å². The molecular formula is C25H28F9N3O9S. The number of alkyl halides is 9. The number of carboxylic acids is 3. The number of aromatic nitrogens is 2. The van der Waals surface area contributed by atoms with E-state index in [9.17, 15) is 39.5 Å². The zero-order chi connectivity index (χ0) is 36.2. The smallest absolute Gasteiger partial charge is 0.481 e. The summed E-state index contributed by atoms with van der Waals surface area (Å²) in [5.74, 6) is -7.56. The van der Waals surface area contributed by atoms with Crippen LogP contribution in [0.25, 0.3) is 0 Å². The van der Waals surface area contributed by atoms with Crippen molar-refractivity contribution in [2.75, 3.05) is 26.8 Å². The molecule has 1 atom stereocenters. The van der Waals surface area contributed by atoms with Crippen LogP contribution in [0.4, 0.5) is 39.5 Å². The number of carboxylic acid groups (broad SMARTS) is 3. The quantitative estimate of drug-likeness (QED) is 0.353. The number of halogens is 9. The molecule has 0 amide bonds. The van der Waals surface area contributed by atoms with Crippen molar-refractivity contribution in [3.63, 3.8) is 0 Å². The van der Waals surface area contributed by atoms with E-state index in [-0.39, 0.29) is 11.7 Å². The minimum absolute atomic E-state index is 0.0592. The van der Waals surface area contributed by atoms with Crippen LogP contribution in [0.1, 0.15) is 29.1 Å². The third-order valence-electron chi connectivity index (χ3n) is 5.77. The molecule has 2 aliphatic rings. The van der Waals surface area contributed by atoms with Crippen LogP contribution in [0.15, 0.2) is 23.7 Å². The zero-order valence-electron chi connectivity index (χ0n) is 24.3. The Morgan fingerprint density at radius 2 is 1.51 bits per heavy atom.